The first-order valence-corrected chi connectivity index (χ1v) is 4.83. The second-order valence-electron chi connectivity index (χ2n) is 3.42. The van der Waals surface area contributed by atoms with Crippen molar-refractivity contribution in [3.8, 4) is 6.01 Å². The zero-order valence-electron chi connectivity index (χ0n) is 9.76. The number of ether oxygens (including phenoxy) is 1. The largest absolute Gasteiger partial charge is 0.467 e. The standard InChI is InChI=1S/C10H12FN3O2/c1-16-10-12-4-7(5-13-10)9(15)14-3-2-8(11)6-14/h4-5,8H,2-3,6H2,1H3/t8-/m0/s1/i2D/t2-,8+/m1. The Bertz CT molecular complexity index is 405. The molecular weight excluding hydrogens is 213 g/mol. The van der Waals surface area contributed by atoms with Crippen LogP contribution in [0, 0.1) is 0 Å². The Morgan fingerprint density at radius 2 is 2.38 bits per heavy atom. The number of carbonyl (C=O) groups excluding carboxylic acids is 1. The molecule has 2 atom stereocenters. The van der Waals surface area contributed by atoms with Crippen molar-refractivity contribution in [3.63, 3.8) is 0 Å². The van der Waals surface area contributed by atoms with Gasteiger partial charge in [0.05, 0.1) is 19.2 Å². The van der Waals surface area contributed by atoms with Gasteiger partial charge in [-0.3, -0.25) is 4.79 Å². The predicted molar refractivity (Wildman–Crippen MR) is 54.0 cm³/mol. The van der Waals surface area contributed by atoms with E-state index in [-0.39, 0.29) is 30.6 Å². The van der Waals surface area contributed by atoms with E-state index >= 15 is 0 Å². The van der Waals surface area contributed by atoms with Gasteiger partial charge < -0.3 is 9.64 Å². The molecule has 1 aromatic heterocycles. The average Bonchev–Trinajstić information content (AvgIpc) is 2.69. The first-order chi connectivity index (χ1) is 8.11. The summed E-state index contributed by atoms with van der Waals surface area (Å²) in [6.45, 7) is 0.0606. The smallest absolute Gasteiger partial charge is 0.316 e. The highest BCUT2D eigenvalue weighted by atomic mass is 19.1. The molecule has 16 heavy (non-hydrogen) atoms. The summed E-state index contributed by atoms with van der Waals surface area (Å²) in [6.07, 6.45) is 0.522. The minimum Gasteiger partial charge on any atom is -0.467 e. The van der Waals surface area contributed by atoms with Crippen LogP contribution in [0.1, 0.15) is 18.1 Å². The SMILES string of the molecule is [2H][C@@H]1CN(C(=O)c2cnc(OC)nc2)C[C@H]1F. The van der Waals surface area contributed by atoms with Gasteiger partial charge in [-0.25, -0.2) is 14.4 Å². The fourth-order valence-electron chi connectivity index (χ4n) is 1.48. The summed E-state index contributed by atoms with van der Waals surface area (Å²) in [5.74, 6) is -0.356. The lowest BCUT2D eigenvalue weighted by molar-refractivity contribution is 0.0782. The Balaban J connectivity index is 2.09. The van der Waals surface area contributed by atoms with E-state index in [2.05, 4.69) is 9.97 Å². The normalized spacial score (nSPS) is 25.4. The Labute approximate surface area is 93.7 Å². The first-order valence-electron chi connectivity index (χ1n) is 5.41. The molecule has 1 saturated heterocycles. The van der Waals surface area contributed by atoms with Crippen LogP contribution >= 0.6 is 0 Å². The van der Waals surface area contributed by atoms with Crippen molar-refractivity contribution in [2.75, 3.05) is 20.2 Å². The van der Waals surface area contributed by atoms with Crippen LogP contribution in [0.3, 0.4) is 0 Å². The molecule has 1 aliphatic rings. The van der Waals surface area contributed by atoms with Crippen molar-refractivity contribution < 1.29 is 15.3 Å². The molecular formula is C10H12FN3O2. The molecule has 1 fully saturated rings. The molecule has 0 spiro atoms. The summed E-state index contributed by atoms with van der Waals surface area (Å²) in [7, 11) is 1.43. The molecule has 1 aliphatic heterocycles. The van der Waals surface area contributed by atoms with Crippen LogP contribution in [0.2, 0.25) is 0 Å². The zero-order chi connectivity index (χ0) is 12.4. The molecule has 5 nitrogen and oxygen atoms in total. The molecule has 2 rings (SSSR count). The van der Waals surface area contributed by atoms with Crippen LogP contribution in [0.25, 0.3) is 0 Å². The van der Waals surface area contributed by atoms with Gasteiger partial charge in [-0.15, -0.1) is 0 Å². The second-order valence-corrected chi connectivity index (χ2v) is 3.42. The Kier molecular flexibility index (Phi) is 2.63. The number of likely N-dealkylation sites (tertiary alicyclic amines) is 1. The van der Waals surface area contributed by atoms with Crippen molar-refractivity contribution in [1.29, 1.82) is 0 Å². The summed E-state index contributed by atoms with van der Waals surface area (Å²) in [5.41, 5.74) is 0.270. The van der Waals surface area contributed by atoms with Gasteiger partial charge in [0.2, 0.25) is 0 Å². The average molecular weight is 226 g/mol. The van der Waals surface area contributed by atoms with Gasteiger partial charge in [-0.05, 0) is 6.40 Å². The summed E-state index contributed by atoms with van der Waals surface area (Å²) < 4.78 is 25.3. The van der Waals surface area contributed by atoms with E-state index in [0.29, 0.717) is 0 Å². The Morgan fingerprint density at radius 1 is 1.69 bits per heavy atom. The van der Waals surface area contributed by atoms with Crippen molar-refractivity contribution in [2.45, 2.75) is 12.6 Å². The fraction of sp³-hybridized carbons (Fsp3) is 0.500. The summed E-state index contributed by atoms with van der Waals surface area (Å²) in [5, 5.41) is 0. The fourth-order valence-corrected chi connectivity index (χ4v) is 1.48. The van der Waals surface area contributed by atoms with Gasteiger partial charge in [0, 0.05) is 20.3 Å². The third kappa shape index (κ3) is 2.10. The maximum atomic E-state index is 13.1. The highest BCUT2D eigenvalue weighted by Crippen LogP contribution is 2.15. The number of methoxy groups -OCH3 is 1. The van der Waals surface area contributed by atoms with E-state index in [1.165, 1.54) is 24.4 Å². The van der Waals surface area contributed by atoms with E-state index in [1.54, 1.807) is 0 Å². The summed E-state index contributed by atoms with van der Waals surface area (Å²) in [4.78, 5) is 20.8. The van der Waals surface area contributed by atoms with E-state index in [1.807, 2.05) is 0 Å². The molecule has 0 unspecified atom stereocenters. The lowest BCUT2D eigenvalue weighted by atomic mass is 10.3. The predicted octanol–water partition coefficient (Wildman–Crippen LogP) is 0.669. The highest BCUT2D eigenvalue weighted by Gasteiger charge is 2.26. The van der Waals surface area contributed by atoms with E-state index in [9.17, 15) is 9.18 Å². The lowest BCUT2D eigenvalue weighted by Gasteiger charge is -2.14. The van der Waals surface area contributed by atoms with Crippen molar-refractivity contribution in [1.82, 2.24) is 14.9 Å². The molecule has 0 aromatic carbocycles. The van der Waals surface area contributed by atoms with E-state index in [0.717, 1.165) is 0 Å². The molecule has 2 heterocycles. The molecule has 0 bridgehead atoms. The molecule has 6 heteroatoms. The van der Waals surface area contributed by atoms with Crippen LogP contribution in [0.4, 0.5) is 4.39 Å². The molecule has 1 amide bonds. The van der Waals surface area contributed by atoms with Crippen LogP contribution in [0.5, 0.6) is 6.01 Å². The quantitative estimate of drug-likeness (QED) is 0.743. The minimum atomic E-state index is -1.28. The van der Waals surface area contributed by atoms with Crippen LogP contribution in [-0.4, -0.2) is 47.1 Å². The molecule has 1 aromatic rings. The number of amides is 1. The number of hydrogen-bond acceptors (Lipinski definition) is 4. The van der Waals surface area contributed by atoms with Gasteiger partial charge in [0.25, 0.3) is 5.91 Å². The maximum Gasteiger partial charge on any atom is 0.316 e. The summed E-state index contributed by atoms with van der Waals surface area (Å²) in [6, 6.07) is 0.171. The van der Waals surface area contributed by atoms with Crippen LogP contribution in [0.15, 0.2) is 12.4 Å². The number of carbonyl (C=O) groups is 1. The van der Waals surface area contributed by atoms with Gasteiger partial charge >= 0.3 is 6.01 Å². The number of nitrogens with zero attached hydrogens (tertiary/aromatic N) is 3. The monoisotopic (exact) mass is 226 g/mol. The van der Waals surface area contributed by atoms with E-state index in [4.69, 9.17) is 6.11 Å². The molecule has 0 aliphatic carbocycles. The minimum absolute atomic E-state index is 0.0426. The van der Waals surface area contributed by atoms with Gasteiger partial charge in [0.15, 0.2) is 0 Å². The molecule has 0 radical (unpaired) electrons. The third-order valence-corrected chi connectivity index (χ3v) is 2.32. The zero-order valence-corrected chi connectivity index (χ0v) is 8.76. The number of aromatic nitrogens is 2. The molecule has 0 N–H and O–H groups in total. The number of hydrogen-bond donors (Lipinski definition) is 0. The van der Waals surface area contributed by atoms with Gasteiger partial charge in [-0.1, -0.05) is 0 Å². The van der Waals surface area contributed by atoms with Gasteiger partial charge in [-0.2, -0.15) is 0 Å². The summed E-state index contributed by atoms with van der Waals surface area (Å²) >= 11 is 0. The number of alkyl halides is 1. The lowest BCUT2D eigenvalue weighted by Crippen LogP contribution is -2.29. The Morgan fingerprint density at radius 3 is 2.88 bits per heavy atom. The van der Waals surface area contributed by atoms with Crippen LogP contribution < -0.4 is 4.74 Å². The van der Waals surface area contributed by atoms with Crippen molar-refractivity contribution in [3.05, 3.63) is 18.0 Å². The van der Waals surface area contributed by atoms with Crippen LogP contribution in [-0.2, 0) is 0 Å². The number of rotatable bonds is 2. The van der Waals surface area contributed by atoms with Gasteiger partial charge in [0.1, 0.15) is 6.17 Å². The van der Waals surface area contributed by atoms with Crippen molar-refractivity contribution in [2.24, 2.45) is 0 Å². The molecule has 86 valence electrons. The second kappa shape index (κ2) is 4.42. The van der Waals surface area contributed by atoms with E-state index < -0.39 is 12.6 Å². The first kappa shape index (κ1) is 9.50. The maximum absolute atomic E-state index is 13.1. The number of halogens is 1. The highest BCUT2D eigenvalue weighted by molar-refractivity contribution is 5.93. The Hall–Kier alpha value is -1.72. The molecule has 0 saturated carbocycles. The topological polar surface area (TPSA) is 55.3 Å². The third-order valence-electron chi connectivity index (χ3n) is 2.32. The van der Waals surface area contributed by atoms with Crippen molar-refractivity contribution >= 4 is 5.91 Å².